The molecule has 0 heterocycles. The Kier molecular flexibility index (Phi) is 9.57. The number of aryl methyl sites for hydroxylation is 4. The van der Waals surface area contributed by atoms with Crippen molar-refractivity contribution in [3.05, 3.63) is 101 Å². The maximum absolute atomic E-state index is 6.41. The molecular weight excluding hydrogens is 492 g/mol. The maximum Gasteiger partial charge on any atom is 0.211 e. The number of rotatable bonds is 13. The largest absolute Gasteiger partial charge is 0.497 e. The van der Waals surface area contributed by atoms with Gasteiger partial charge < -0.3 is 28.4 Å². The second-order valence-electron chi connectivity index (χ2n) is 9.12. The molecule has 39 heavy (non-hydrogen) atoms. The third kappa shape index (κ3) is 7.17. The Morgan fingerprint density at radius 2 is 0.949 bits per heavy atom. The van der Waals surface area contributed by atoms with Crippen LogP contribution in [0.25, 0.3) is 0 Å². The number of hydrogen-bond acceptors (Lipinski definition) is 6. The molecule has 4 rings (SSSR count). The minimum absolute atomic E-state index is 0.510. The quantitative estimate of drug-likeness (QED) is 0.185. The first-order chi connectivity index (χ1) is 19.1. The molecule has 0 spiro atoms. The highest BCUT2D eigenvalue weighted by Crippen LogP contribution is 2.44. The summed E-state index contributed by atoms with van der Waals surface area (Å²) in [5, 5.41) is 0. The molecule has 0 aliphatic rings. The zero-order valence-corrected chi connectivity index (χ0v) is 23.3. The lowest BCUT2D eigenvalue weighted by molar-refractivity contribution is 0.332. The summed E-state index contributed by atoms with van der Waals surface area (Å²) < 4.78 is 34.1. The van der Waals surface area contributed by atoms with Gasteiger partial charge in [-0.05, 0) is 96.5 Å². The lowest BCUT2D eigenvalue weighted by Crippen LogP contribution is -2.00. The normalized spacial score (nSPS) is 10.6. The van der Waals surface area contributed by atoms with Crippen molar-refractivity contribution in [1.29, 1.82) is 0 Å². The third-order valence-corrected chi connectivity index (χ3v) is 6.66. The molecule has 0 aromatic heterocycles. The SMILES string of the molecule is COc1ccc(CCc2ccc(OC)c(Oc3c(OC)cc(CCc4cccc(OC)c4)cc3OC)c2)cc1. The number of benzene rings is 4. The van der Waals surface area contributed by atoms with Gasteiger partial charge in [-0.3, -0.25) is 0 Å². The van der Waals surface area contributed by atoms with Crippen molar-refractivity contribution in [2.75, 3.05) is 35.5 Å². The van der Waals surface area contributed by atoms with E-state index in [0.29, 0.717) is 28.7 Å². The number of methoxy groups -OCH3 is 5. The molecule has 4 aromatic carbocycles. The number of hydrogen-bond donors (Lipinski definition) is 0. The topological polar surface area (TPSA) is 55.4 Å². The molecule has 6 nitrogen and oxygen atoms in total. The van der Waals surface area contributed by atoms with E-state index >= 15 is 0 Å². The van der Waals surface area contributed by atoms with Crippen molar-refractivity contribution in [3.8, 4) is 40.2 Å². The lowest BCUT2D eigenvalue weighted by atomic mass is 10.0. The van der Waals surface area contributed by atoms with E-state index < -0.39 is 0 Å². The molecule has 0 unspecified atom stereocenters. The second kappa shape index (κ2) is 13.5. The van der Waals surface area contributed by atoms with Crippen LogP contribution in [-0.4, -0.2) is 35.5 Å². The first-order valence-electron chi connectivity index (χ1n) is 12.9. The third-order valence-electron chi connectivity index (χ3n) is 6.66. The van der Waals surface area contributed by atoms with E-state index in [1.54, 1.807) is 35.5 Å². The zero-order chi connectivity index (χ0) is 27.6. The van der Waals surface area contributed by atoms with E-state index in [2.05, 4.69) is 30.3 Å². The fourth-order valence-corrected chi connectivity index (χ4v) is 4.44. The molecule has 0 bridgehead atoms. The van der Waals surface area contributed by atoms with E-state index in [-0.39, 0.29) is 0 Å². The van der Waals surface area contributed by atoms with Crippen LogP contribution in [0.5, 0.6) is 40.2 Å². The van der Waals surface area contributed by atoms with Crippen LogP contribution in [0.4, 0.5) is 0 Å². The fourth-order valence-electron chi connectivity index (χ4n) is 4.44. The van der Waals surface area contributed by atoms with Gasteiger partial charge in [0, 0.05) is 0 Å². The van der Waals surface area contributed by atoms with Crippen molar-refractivity contribution in [3.63, 3.8) is 0 Å². The van der Waals surface area contributed by atoms with Gasteiger partial charge in [0.2, 0.25) is 5.75 Å². The average molecular weight is 529 g/mol. The Hall–Kier alpha value is -4.32. The molecule has 0 aliphatic carbocycles. The summed E-state index contributed by atoms with van der Waals surface area (Å²) in [5.74, 6) is 4.65. The smallest absolute Gasteiger partial charge is 0.211 e. The minimum atomic E-state index is 0.510. The molecule has 0 saturated heterocycles. The zero-order valence-electron chi connectivity index (χ0n) is 23.3. The Bertz CT molecular complexity index is 1340. The minimum Gasteiger partial charge on any atom is -0.497 e. The van der Waals surface area contributed by atoms with E-state index in [1.165, 1.54) is 11.1 Å². The van der Waals surface area contributed by atoms with Gasteiger partial charge in [-0.25, -0.2) is 0 Å². The molecule has 0 atom stereocenters. The standard InChI is InChI=1S/C33H36O6/c1-34-27-16-13-23(14-17-27)9-10-25-15-18-29(36-3)30(20-25)39-33-31(37-4)21-26(22-32(33)38-5)12-11-24-7-6-8-28(19-24)35-2/h6-8,13-22H,9-12H2,1-5H3. The van der Waals surface area contributed by atoms with Gasteiger partial charge in [0.25, 0.3) is 0 Å². The summed E-state index contributed by atoms with van der Waals surface area (Å²) in [6, 6.07) is 26.3. The van der Waals surface area contributed by atoms with Gasteiger partial charge in [0.15, 0.2) is 23.0 Å². The summed E-state index contributed by atoms with van der Waals surface area (Å²) >= 11 is 0. The maximum atomic E-state index is 6.41. The van der Waals surface area contributed by atoms with Crippen LogP contribution in [0.2, 0.25) is 0 Å². The molecule has 0 fully saturated rings. The molecule has 4 aromatic rings. The summed E-state index contributed by atoms with van der Waals surface area (Å²) in [4.78, 5) is 0. The Balaban J connectivity index is 1.53. The van der Waals surface area contributed by atoms with Gasteiger partial charge in [0.1, 0.15) is 11.5 Å². The molecule has 204 valence electrons. The van der Waals surface area contributed by atoms with E-state index in [0.717, 1.165) is 48.3 Å². The molecular formula is C33H36O6. The summed E-state index contributed by atoms with van der Waals surface area (Å²) in [6.45, 7) is 0. The predicted molar refractivity (Wildman–Crippen MR) is 153 cm³/mol. The summed E-state index contributed by atoms with van der Waals surface area (Å²) in [6.07, 6.45) is 3.41. The molecule has 0 radical (unpaired) electrons. The van der Waals surface area contributed by atoms with E-state index in [4.69, 9.17) is 28.4 Å². The molecule has 6 heteroatoms. The van der Waals surface area contributed by atoms with Crippen molar-refractivity contribution >= 4 is 0 Å². The first kappa shape index (κ1) is 27.7. The Morgan fingerprint density at radius 1 is 0.410 bits per heavy atom. The van der Waals surface area contributed by atoms with Crippen LogP contribution >= 0.6 is 0 Å². The van der Waals surface area contributed by atoms with E-state index in [9.17, 15) is 0 Å². The Morgan fingerprint density at radius 3 is 1.56 bits per heavy atom. The van der Waals surface area contributed by atoms with Gasteiger partial charge in [0.05, 0.1) is 35.5 Å². The van der Waals surface area contributed by atoms with Crippen molar-refractivity contribution in [1.82, 2.24) is 0 Å². The van der Waals surface area contributed by atoms with Gasteiger partial charge in [-0.1, -0.05) is 30.3 Å². The number of ether oxygens (including phenoxy) is 6. The van der Waals surface area contributed by atoms with Gasteiger partial charge >= 0.3 is 0 Å². The molecule has 0 saturated carbocycles. The van der Waals surface area contributed by atoms with Gasteiger partial charge in [-0.15, -0.1) is 0 Å². The molecule has 0 amide bonds. The predicted octanol–water partition coefficient (Wildman–Crippen LogP) is 7.09. The van der Waals surface area contributed by atoms with Crippen LogP contribution in [0, 0.1) is 0 Å². The van der Waals surface area contributed by atoms with Crippen LogP contribution in [-0.2, 0) is 25.7 Å². The first-order valence-corrected chi connectivity index (χ1v) is 12.9. The highest BCUT2D eigenvalue weighted by atomic mass is 16.6. The highest BCUT2D eigenvalue weighted by Gasteiger charge is 2.18. The lowest BCUT2D eigenvalue weighted by Gasteiger charge is -2.18. The van der Waals surface area contributed by atoms with Crippen LogP contribution in [0.3, 0.4) is 0 Å². The van der Waals surface area contributed by atoms with E-state index in [1.807, 2.05) is 48.5 Å². The summed E-state index contributed by atoms with van der Waals surface area (Å²) in [7, 11) is 8.26. The highest BCUT2D eigenvalue weighted by molar-refractivity contribution is 5.57. The van der Waals surface area contributed by atoms with Crippen LogP contribution < -0.4 is 28.4 Å². The van der Waals surface area contributed by atoms with Crippen LogP contribution in [0.15, 0.2) is 78.9 Å². The summed E-state index contributed by atoms with van der Waals surface area (Å²) in [5.41, 5.74) is 4.65. The van der Waals surface area contributed by atoms with Crippen LogP contribution in [0.1, 0.15) is 22.3 Å². The van der Waals surface area contributed by atoms with Crippen molar-refractivity contribution in [2.45, 2.75) is 25.7 Å². The van der Waals surface area contributed by atoms with Gasteiger partial charge in [-0.2, -0.15) is 0 Å². The second-order valence-corrected chi connectivity index (χ2v) is 9.12. The molecule has 0 N–H and O–H groups in total. The van der Waals surface area contributed by atoms with Crippen molar-refractivity contribution in [2.24, 2.45) is 0 Å². The van der Waals surface area contributed by atoms with Crippen molar-refractivity contribution < 1.29 is 28.4 Å². The molecule has 0 aliphatic heterocycles. The monoisotopic (exact) mass is 528 g/mol. The fraction of sp³-hybridized carbons (Fsp3) is 0.273. The Labute approximate surface area is 231 Å². The average Bonchev–Trinajstić information content (AvgIpc) is 2.99.